The van der Waals surface area contributed by atoms with E-state index < -0.39 is 29.7 Å². The smallest absolute Gasteiger partial charge is 0.185 e. The predicted molar refractivity (Wildman–Crippen MR) is 84.3 cm³/mol. The predicted octanol–water partition coefficient (Wildman–Crippen LogP) is 4.32. The second-order valence-electron chi connectivity index (χ2n) is 8.14. The zero-order valence-corrected chi connectivity index (χ0v) is 16.1. The zero-order valence-electron chi connectivity index (χ0n) is 13.1. The van der Waals surface area contributed by atoms with Gasteiger partial charge >= 0.3 is 0 Å². The molecular weight excluding hydrogens is 258 g/mol. The van der Waals surface area contributed by atoms with Crippen LogP contribution in [-0.2, 0) is 4.43 Å². The number of nitriles is 1. The van der Waals surface area contributed by atoms with Gasteiger partial charge in [-0.2, -0.15) is 5.26 Å². The van der Waals surface area contributed by atoms with Gasteiger partial charge in [0, 0.05) is 8.07 Å². The number of rotatable bonds is 5. The third kappa shape index (κ3) is 5.51. The minimum Gasteiger partial charge on any atom is -0.403 e. The maximum atomic E-state index is 9.74. The first kappa shape index (κ1) is 17.1. The molecule has 0 aliphatic rings. The summed E-state index contributed by atoms with van der Waals surface area (Å²) in [5, 5.41) is 9.26. The van der Waals surface area contributed by atoms with Crippen LogP contribution in [0.5, 0.6) is 0 Å². The lowest BCUT2D eigenvalue weighted by Crippen LogP contribution is -2.60. The van der Waals surface area contributed by atoms with Gasteiger partial charge in [0.05, 0.1) is 14.1 Å². The van der Waals surface area contributed by atoms with Crippen molar-refractivity contribution in [2.24, 2.45) is 0 Å². The maximum Gasteiger partial charge on any atom is 0.185 e. The second kappa shape index (κ2) is 5.00. The molecule has 0 rings (SSSR count). The van der Waals surface area contributed by atoms with Crippen LogP contribution in [0.3, 0.4) is 0 Å². The van der Waals surface area contributed by atoms with Gasteiger partial charge in [0.2, 0.25) is 0 Å². The molecule has 100 valence electrons. The minimum atomic E-state index is -1.69. The SMILES string of the molecule is C[Si](C)(C)CC(C#N)(O[Si](C)(C)C)[Si](C)(C)C. The standard InChI is InChI=1S/C12H29NOSi3/c1-15(2,3)11-12(10-13,16(4,5)6)14-17(7,8)9/h11H2,1-9H3. The topological polar surface area (TPSA) is 33.0 Å². The Bertz CT molecular complexity index is 286. The van der Waals surface area contributed by atoms with Crippen molar-refractivity contribution >= 4 is 24.5 Å². The Morgan fingerprint density at radius 2 is 1.35 bits per heavy atom. The van der Waals surface area contributed by atoms with Crippen molar-refractivity contribution in [1.82, 2.24) is 0 Å². The molecule has 2 nitrogen and oxygen atoms in total. The molecule has 1 atom stereocenters. The molecule has 17 heavy (non-hydrogen) atoms. The van der Waals surface area contributed by atoms with Gasteiger partial charge in [0.15, 0.2) is 8.32 Å². The molecule has 0 radical (unpaired) electrons. The fourth-order valence-corrected chi connectivity index (χ4v) is 11.1. The van der Waals surface area contributed by atoms with E-state index >= 15 is 0 Å². The van der Waals surface area contributed by atoms with E-state index in [4.69, 9.17) is 4.43 Å². The molecule has 0 heterocycles. The minimum absolute atomic E-state index is 0.484. The van der Waals surface area contributed by atoms with Crippen molar-refractivity contribution in [2.75, 3.05) is 0 Å². The molecule has 0 fully saturated rings. The van der Waals surface area contributed by atoms with Crippen LogP contribution in [0.25, 0.3) is 0 Å². The highest BCUT2D eigenvalue weighted by atomic mass is 28.4. The van der Waals surface area contributed by atoms with Crippen LogP contribution < -0.4 is 0 Å². The van der Waals surface area contributed by atoms with E-state index in [2.05, 4.69) is 65.0 Å². The Morgan fingerprint density at radius 1 is 0.941 bits per heavy atom. The monoisotopic (exact) mass is 287 g/mol. The summed E-state index contributed by atoms with van der Waals surface area (Å²) in [6, 6.07) is 3.55. The number of hydrogen-bond acceptors (Lipinski definition) is 2. The molecule has 1 unspecified atom stereocenters. The Hall–Kier alpha value is 0.101. The molecule has 0 saturated carbocycles. The largest absolute Gasteiger partial charge is 0.403 e. The van der Waals surface area contributed by atoms with Crippen molar-refractivity contribution < 1.29 is 4.43 Å². The van der Waals surface area contributed by atoms with Crippen LogP contribution in [0, 0.1) is 11.3 Å². The van der Waals surface area contributed by atoms with Crippen LogP contribution >= 0.6 is 0 Å². The quantitative estimate of drug-likeness (QED) is 0.706. The van der Waals surface area contributed by atoms with E-state index in [9.17, 15) is 5.26 Å². The van der Waals surface area contributed by atoms with Crippen LogP contribution in [0.1, 0.15) is 0 Å². The molecule has 0 aliphatic carbocycles. The molecule has 0 N–H and O–H groups in total. The van der Waals surface area contributed by atoms with Gasteiger partial charge in [-0.05, 0) is 25.7 Å². The molecule has 0 spiro atoms. The Balaban J connectivity index is 5.43. The van der Waals surface area contributed by atoms with Gasteiger partial charge < -0.3 is 4.43 Å². The molecule has 0 saturated heterocycles. The van der Waals surface area contributed by atoms with Gasteiger partial charge in [-0.15, -0.1) is 0 Å². The molecule has 0 aromatic carbocycles. The number of nitrogens with zero attached hydrogens (tertiary/aromatic N) is 1. The van der Waals surface area contributed by atoms with Gasteiger partial charge in [-0.1, -0.05) is 39.3 Å². The van der Waals surface area contributed by atoms with Gasteiger partial charge in [0.25, 0.3) is 0 Å². The first-order valence-electron chi connectivity index (χ1n) is 6.34. The zero-order chi connectivity index (χ0) is 14.1. The highest BCUT2D eigenvalue weighted by molar-refractivity contribution is 6.85. The van der Waals surface area contributed by atoms with Crippen molar-refractivity contribution in [3.63, 3.8) is 0 Å². The summed E-state index contributed by atoms with van der Waals surface area (Å²) in [6.07, 6.45) is 0. The average molecular weight is 288 g/mol. The Morgan fingerprint density at radius 3 is 1.53 bits per heavy atom. The normalized spacial score (nSPS) is 17.4. The van der Waals surface area contributed by atoms with E-state index in [1.54, 1.807) is 0 Å². The summed E-state index contributed by atoms with van der Waals surface area (Å²) in [6.45, 7) is 20.3. The van der Waals surface area contributed by atoms with Gasteiger partial charge in [-0.25, -0.2) is 0 Å². The van der Waals surface area contributed by atoms with Crippen molar-refractivity contribution in [1.29, 1.82) is 5.26 Å². The molecule has 0 bridgehead atoms. The lowest BCUT2D eigenvalue weighted by molar-refractivity contribution is 0.212. The molecule has 0 aromatic heterocycles. The van der Waals surface area contributed by atoms with Crippen molar-refractivity contribution in [2.45, 2.75) is 70.2 Å². The third-order valence-corrected chi connectivity index (χ3v) is 8.54. The first-order chi connectivity index (χ1) is 7.22. The molecular formula is C12H29NOSi3. The average Bonchev–Trinajstić information content (AvgIpc) is 1.95. The Labute approximate surface area is 111 Å². The summed E-state index contributed by atoms with van der Waals surface area (Å²) in [5.74, 6) is 0. The van der Waals surface area contributed by atoms with Crippen LogP contribution in [0.2, 0.25) is 65.0 Å². The van der Waals surface area contributed by atoms with E-state index in [1.807, 2.05) is 0 Å². The van der Waals surface area contributed by atoms with Gasteiger partial charge in [0.1, 0.15) is 5.22 Å². The van der Waals surface area contributed by atoms with Crippen molar-refractivity contribution in [3.05, 3.63) is 0 Å². The highest BCUT2D eigenvalue weighted by Crippen LogP contribution is 2.35. The molecule has 0 aromatic rings. The van der Waals surface area contributed by atoms with Gasteiger partial charge in [-0.3, -0.25) is 0 Å². The highest BCUT2D eigenvalue weighted by Gasteiger charge is 2.49. The summed E-state index contributed by atoms with van der Waals surface area (Å²) >= 11 is 0. The molecule has 0 aliphatic heterocycles. The summed E-state index contributed by atoms with van der Waals surface area (Å²) in [7, 11) is -4.67. The van der Waals surface area contributed by atoms with E-state index in [0.717, 1.165) is 6.04 Å². The number of hydrogen-bond donors (Lipinski definition) is 0. The van der Waals surface area contributed by atoms with Crippen LogP contribution in [0.15, 0.2) is 0 Å². The maximum absolute atomic E-state index is 9.74. The fourth-order valence-electron chi connectivity index (χ4n) is 1.95. The third-order valence-electron chi connectivity index (χ3n) is 2.65. The van der Waals surface area contributed by atoms with E-state index in [1.165, 1.54) is 0 Å². The lowest BCUT2D eigenvalue weighted by Gasteiger charge is -2.44. The lowest BCUT2D eigenvalue weighted by atomic mass is 10.4. The van der Waals surface area contributed by atoms with E-state index in [0.29, 0.717) is 0 Å². The van der Waals surface area contributed by atoms with Crippen LogP contribution in [-0.4, -0.2) is 29.7 Å². The van der Waals surface area contributed by atoms with Crippen molar-refractivity contribution in [3.8, 4) is 6.07 Å². The van der Waals surface area contributed by atoms with Crippen LogP contribution in [0.4, 0.5) is 0 Å². The molecule has 0 amide bonds. The molecule has 5 heteroatoms. The summed E-state index contributed by atoms with van der Waals surface area (Å²) in [4.78, 5) is 0. The van der Waals surface area contributed by atoms with E-state index in [-0.39, 0.29) is 0 Å². The summed E-state index contributed by atoms with van der Waals surface area (Å²) < 4.78 is 6.39. The summed E-state index contributed by atoms with van der Waals surface area (Å²) in [5.41, 5.74) is 0. The first-order valence-corrected chi connectivity index (χ1v) is 17.0. The Kier molecular flexibility index (Phi) is 5.03. The second-order valence-corrected chi connectivity index (χ2v) is 23.4. The fraction of sp³-hybridized carbons (Fsp3) is 0.917.